The van der Waals surface area contributed by atoms with Gasteiger partial charge in [-0.2, -0.15) is 0 Å². The minimum absolute atomic E-state index is 0.102. The van der Waals surface area contributed by atoms with Gasteiger partial charge in [0.25, 0.3) is 0 Å². The summed E-state index contributed by atoms with van der Waals surface area (Å²) in [6.45, 7) is 6.41. The maximum Gasteiger partial charge on any atom is 0.306 e. The lowest BCUT2D eigenvalue weighted by atomic mass is 10.0. The summed E-state index contributed by atoms with van der Waals surface area (Å²) in [4.78, 5) is 38.2. The lowest BCUT2D eigenvalue weighted by Crippen LogP contribution is -2.30. The van der Waals surface area contributed by atoms with Crippen LogP contribution in [0.15, 0.2) is 109 Å². The molecule has 0 saturated carbocycles. The van der Waals surface area contributed by atoms with Crippen LogP contribution in [0, 0.1) is 0 Å². The number of hydrogen-bond acceptors (Lipinski definition) is 6. The largest absolute Gasteiger partial charge is 0.462 e. The highest BCUT2D eigenvalue weighted by molar-refractivity contribution is 5.71. The Hall–Kier alpha value is -3.93. The zero-order valence-electron chi connectivity index (χ0n) is 51.2. The van der Waals surface area contributed by atoms with E-state index in [9.17, 15) is 14.4 Å². The first-order valence-corrected chi connectivity index (χ1v) is 32.9. The second-order valence-electron chi connectivity index (χ2n) is 21.6. The molecule has 0 rings (SSSR count). The maximum atomic E-state index is 12.8. The second-order valence-corrected chi connectivity index (χ2v) is 21.6. The summed E-state index contributed by atoms with van der Waals surface area (Å²) >= 11 is 0. The first-order valence-electron chi connectivity index (χ1n) is 32.9. The molecule has 0 aliphatic carbocycles. The van der Waals surface area contributed by atoms with Crippen LogP contribution in [-0.2, 0) is 28.6 Å². The average molecular weight is 1080 g/mol. The molecule has 0 saturated heterocycles. The maximum absolute atomic E-state index is 12.8. The highest BCUT2D eigenvalue weighted by Gasteiger charge is 2.19. The number of allylic oxidation sites excluding steroid dienone is 18. The number of carbonyl (C=O) groups excluding carboxylic acids is 3. The normalized spacial score (nSPS) is 12.8. The second kappa shape index (κ2) is 65.6. The zero-order chi connectivity index (χ0) is 56.4. The lowest BCUT2D eigenvalue weighted by Gasteiger charge is -2.18. The molecule has 0 aromatic carbocycles. The van der Waals surface area contributed by atoms with Gasteiger partial charge < -0.3 is 14.2 Å². The van der Waals surface area contributed by atoms with Crippen LogP contribution in [0.4, 0.5) is 0 Å². The van der Waals surface area contributed by atoms with Gasteiger partial charge in [-0.1, -0.05) is 284 Å². The summed E-state index contributed by atoms with van der Waals surface area (Å²) in [5.41, 5.74) is 0. The number of carbonyl (C=O) groups is 3. The van der Waals surface area contributed by atoms with Gasteiger partial charge in [0, 0.05) is 19.3 Å². The molecule has 0 bridgehead atoms. The molecule has 0 amide bonds. The summed E-state index contributed by atoms with van der Waals surface area (Å²) in [5.74, 6) is -0.967. The zero-order valence-corrected chi connectivity index (χ0v) is 51.2. The van der Waals surface area contributed by atoms with Crippen molar-refractivity contribution in [3.63, 3.8) is 0 Å². The first-order chi connectivity index (χ1) is 38.5. The molecule has 0 aliphatic rings. The van der Waals surface area contributed by atoms with Crippen LogP contribution in [-0.4, -0.2) is 37.2 Å². The Kier molecular flexibility index (Phi) is 62.3. The number of rotatable bonds is 59. The van der Waals surface area contributed by atoms with E-state index in [0.29, 0.717) is 19.3 Å². The first kappa shape index (κ1) is 74.1. The molecule has 1 unspecified atom stereocenters. The topological polar surface area (TPSA) is 78.9 Å². The van der Waals surface area contributed by atoms with Crippen molar-refractivity contribution in [3.8, 4) is 0 Å². The predicted octanol–water partition coefficient (Wildman–Crippen LogP) is 22.6. The van der Waals surface area contributed by atoms with E-state index < -0.39 is 6.10 Å². The van der Waals surface area contributed by atoms with Crippen LogP contribution >= 0.6 is 0 Å². The quantitative estimate of drug-likeness (QED) is 0.0261. The van der Waals surface area contributed by atoms with Gasteiger partial charge in [0.05, 0.1) is 0 Å². The van der Waals surface area contributed by atoms with Gasteiger partial charge in [-0.3, -0.25) is 14.4 Å². The van der Waals surface area contributed by atoms with E-state index in [1.54, 1.807) is 0 Å². The Labute approximate surface area is 482 Å². The molecule has 78 heavy (non-hydrogen) atoms. The molecule has 0 heterocycles. The summed E-state index contributed by atoms with van der Waals surface area (Å²) < 4.78 is 16.8. The fourth-order valence-electron chi connectivity index (χ4n) is 9.08. The van der Waals surface area contributed by atoms with Crippen LogP contribution in [0.1, 0.15) is 310 Å². The number of unbranched alkanes of at least 4 members (excludes halogenated alkanes) is 30. The summed E-state index contributed by atoms with van der Waals surface area (Å²) in [6, 6.07) is 0. The van der Waals surface area contributed by atoms with Crippen LogP contribution in [0.25, 0.3) is 0 Å². The smallest absolute Gasteiger partial charge is 0.306 e. The van der Waals surface area contributed by atoms with Crippen LogP contribution < -0.4 is 0 Å². The summed E-state index contributed by atoms with van der Waals surface area (Å²) in [6.07, 6.45) is 89.9. The Morgan fingerprint density at radius 3 is 0.885 bits per heavy atom. The van der Waals surface area contributed by atoms with E-state index in [4.69, 9.17) is 14.2 Å². The SMILES string of the molecule is CC/C=C\C/C=C\C/C=C\C/C=C\C/C=C\CCCC(=O)OC(COC(=O)CCCCCCC/C=C\CCC)COC(=O)CCCCCCCCCCCCCCCCCCCC/C=C\C/C=C\C/C=C\CCCCCCC. The van der Waals surface area contributed by atoms with Gasteiger partial charge in [-0.15, -0.1) is 0 Å². The van der Waals surface area contributed by atoms with Gasteiger partial charge in [0.15, 0.2) is 6.10 Å². The van der Waals surface area contributed by atoms with E-state index in [0.717, 1.165) is 109 Å². The Morgan fingerprint density at radius 2 is 0.538 bits per heavy atom. The monoisotopic (exact) mass is 1080 g/mol. The van der Waals surface area contributed by atoms with Gasteiger partial charge in [0.1, 0.15) is 13.2 Å². The summed E-state index contributed by atoms with van der Waals surface area (Å²) in [7, 11) is 0. The summed E-state index contributed by atoms with van der Waals surface area (Å²) in [5, 5.41) is 0. The van der Waals surface area contributed by atoms with Crippen molar-refractivity contribution in [1.82, 2.24) is 0 Å². The number of hydrogen-bond donors (Lipinski definition) is 0. The van der Waals surface area contributed by atoms with Gasteiger partial charge in [0.2, 0.25) is 0 Å². The van der Waals surface area contributed by atoms with Gasteiger partial charge in [-0.05, 0) is 116 Å². The van der Waals surface area contributed by atoms with Crippen molar-refractivity contribution >= 4 is 17.9 Å². The third kappa shape index (κ3) is 62.9. The van der Waals surface area contributed by atoms with Crippen LogP contribution in [0.5, 0.6) is 0 Å². The molecule has 0 aromatic rings. The molecular weight excluding hydrogens is 961 g/mol. The third-order valence-corrected chi connectivity index (χ3v) is 14.0. The molecule has 6 nitrogen and oxygen atoms in total. The van der Waals surface area contributed by atoms with Crippen LogP contribution in [0.3, 0.4) is 0 Å². The Morgan fingerprint density at radius 1 is 0.269 bits per heavy atom. The average Bonchev–Trinajstić information content (AvgIpc) is 3.44. The number of ether oxygens (including phenoxy) is 3. The molecule has 0 radical (unpaired) electrons. The van der Waals surface area contributed by atoms with Crippen molar-refractivity contribution in [1.29, 1.82) is 0 Å². The molecule has 0 spiro atoms. The highest BCUT2D eigenvalue weighted by atomic mass is 16.6. The van der Waals surface area contributed by atoms with Crippen LogP contribution in [0.2, 0.25) is 0 Å². The number of esters is 3. The van der Waals surface area contributed by atoms with E-state index in [2.05, 4.69) is 130 Å². The molecule has 1 atom stereocenters. The Bertz CT molecular complexity index is 1570. The van der Waals surface area contributed by atoms with E-state index in [-0.39, 0.29) is 37.5 Å². The molecule has 446 valence electrons. The highest BCUT2D eigenvalue weighted by Crippen LogP contribution is 2.16. The predicted molar refractivity (Wildman–Crippen MR) is 339 cm³/mol. The molecule has 0 aromatic heterocycles. The molecule has 6 heteroatoms. The standard InChI is InChI=1S/C72H122O6/c1-4-7-10-13-16-19-22-24-26-28-29-30-31-32-33-34-35-36-37-38-39-40-41-42-43-45-46-48-50-53-56-59-62-65-71(74)77-68-69(67-76-70(73)64-61-58-55-52-21-18-15-12-9-6-3)78-72(75)66-63-60-57-54-51-49-47-44-27-25-23-20-17-14-11-8-5-2/h8,11-12,15,17,20,22,24-25,27-29,31-32,47,49,54,57,69H,4-7,9-10,13-14,16,18-19,21,23,26,30,33-46,48,50-53,55-56,58-68H2,1-3H3/b11-8-,15-12-,20-17-,24-22-,27-25-,29-28-,32-31-,49-47-,57-54-. The fourth-order valence-corrected chi connectivity index (χ4v) is 9.08. The van der Waals surface area contributed by atoms with E-state index >= 15 is 0 Å². The third-order valence-electron chi connectivity index (χ3n) is 14.0. The van der Waals surface area contributed by atoms with Gasteiger partial charge >= 0.3 is 17.9 Å². The Balaban J connectivity index is 4.16. The van der Waals surface area contributed by atoms with Gasteiger partial charge in [-0.25, -0.2) is 0 Å². The molecule has 0 N–H and O–H groups in total. The molecular formula is C72H122O6. The van der Waals surface area contributed by atoms with Crippen molar-refractivity contribution in [2.75, 3.05) is 13.2 Å². The lowest BCUT2D eigenvalue weighted by molar-refractivity contribution is -0.167. The molecule has 0 aliphatic heterocycles. The fraction of sp³-hybridized carbons (Fsp3) is 0.708. The van der Waals surface area contributed by atoms with Crippen molar-refractivity contribution in [3.05, 3.63) is 109 Å². The van der Waals surface area contributed by atoms with E-state index in [1.165, 1.54) is 154 Å². The minimum atomic E-state index is -0.811. The van der Waals surface area contributed by atoms with E-state index in [1.807, 2.05) is 0 Å². The minimum Gasteiger partial charge on any atom is -0.462 e. The van der Waals surface area contributed by atoms with Crippen molar-refractivity contribution < 1.29 is 28.6 Å². The van der Waals surface area contributed by atoms with Crippen molar-refractivity contribution in [2.24, 2.45) is 0 Å². The molecule has 0 fully saturated rings. The van der Waals surface area contributed by atoms with Crippen molar-refractivity contribution in [2.45, 2.75) is 316 Å².